The van der Waals surface area contributed by atoms with Crippen LogP contribution in [0.25, 0.3) is 0 Å². The van der Waals surface area contributed by atoms with E-state index in [2.05, 4.69) is 15.0 Å². The number of rotatable bonds is 7. The number of halogens is 2. The first-order chi connectivity index (χ1) is 15.3. The molecule has 1 aliphatic rings. The van der Waals surface area contributed by atoms with Crippen molar-refractivity contribution in [3.05, 3.63) is 68.2 Å². The molecule has 0 radical (unpaired) electrons. The lowest BCUT2D eigenvalue weighted by atomic mass is 10.1. The first-order valence-corrected chi connectivity index (χ1v) is 11.7. The number of nitrogens with zero attached hydrogens (tertiary/aromatic N) is 5. The van der Waals surface area contributed by atoms with Gasteiger partial charge in [-0.2, -0.15) is 0 Å². The molecular formula is C22H21Cl2N5O2S. The van der Waals surface area contributed by atoms with E-state index in [9.17, 15) is 9.59 Å². The standard InChI is InChI=1S/C22H21Cl2N5O2S/c1-13-10-26-18(11-25-13)3-4-19(30)20-14(2)27-21(32-20)29-6-5-28(22(29)31)12-15-7-16(23)9-17(24)8-15/h7-11H,3-6,12H2,1-2H3. The number of anilines is 1. The third-order valence-electron chi connectivity index (χ3n) is 5.10. The van der Waals surface area contributed by atoms with Gasteiger partial charge < -0.3 is 4.90 Å². The molecule has 10 heteroatoms. The smallest absolute Gasteiger partial charge is 0.318 e. The average Bonchev–Trinajstić information content (AvgIpc) is 3.29. The van der Waals surface area contributed by atoms with Gasteiger partial charge in [-0.1, -0.05) is 34.5 Å². The van der Waals surface area contributed by atoms with E-state index in [0.717, 1.165) is 17.0 Å². The molecule has 7 nitrogen and oxygen atoms in total. The molecule has 2 aromatic heterocycles. The SMILES string of the molecule is Cc1cnc(CCC(=O)c2sc(N3CCN(Cc4cc(Cl)cc(Cl)c4)C3=O)nc2C)cn1. The molecule has 166 valence electrons. The molecule has 0 bridgehead atoms. The molecule has 1 fully saturated rings. The number of hydrogen-bond donors (Lipinski definition) is 0. The largest absolute Gasteiger partial charge is 0.326 e. The summed E-state index contributed by atoms with van der Waals surface area (Å²) in [5.74, 6) is -0.00861. The highest BCUT2D eigenvalue weighted by atomic mass is 35.5. The minimum Gasteiger partial charge on any atom is -0.318 e. The highest BCUT2D eigenvalue weighted by molar-refractivity contribution is 7.17. The molecule has 0 unspecified atom stereocenters. The van der Waals surface area contributed by atoms with E-state index in [4.69, 9.17) is 23.2 Å². The molecule has 1 aliphatic heterocycles. The van der Waals surface area contributed by atoms with Crippen LogP contribution in [0.4, 0.5) is 9.93 Å². The zero-order valence-corrected chi connectivity index (χ0v) is 20.0. The third-order valence-corrected chi connectivity index (χ3v) is 6.76. The van der Waals surface area contributed by atoms with Crippen molar-refractivity contribution in [2.24, 2.45) is 0 Å². The molecule has 0 N–H and O–H groups in total. The van der Waals surface area contributed by atoms with Crippen LogP contribution in [0.2, 0.25) is 10.0 Å². The number of ketones is 1. The van der Waals surface area contributed by atoms with Gasteiger partial charge in [-0.05, 0) is 44.0 Å². The lowest BCUT2D eigenvalue weighted by molar-refractivity contribution is 0.0985. The molecule has 0 aliphatic carbocycles. The van der Waals surface area contributed by atoms with Gasteiger partial charge in [-0.15, -0.1) is 0 Å². The fourth-order valence-electron chi connectivity index (χ4n) is 3.49. The summed E-state index contributed by atoms with van der Waals surface area (Å²) >= 11 is 13.4. The monoisotopic (exact) mass is 489 g/mol. The summed E-state index contributed by atoms with van der Waals surface area (Å²) < 4.78 is 0. The lowest BCUT2D eigenvalue weighted by Gasteiger charge is -2.17. The second-order valence-corrected chi connectivity index (χ2v) is 9.47. The van der Waals surface area contributed by atoms with Gasteiger partial charge in [0.1, 0.15) is 0 Å². The number of carbonyl (C=O) groups excluding carboxylic acids is 2. The second-order valence-electron chi connectivity index (χ2n) is 7.62. The number of carbonyl (C=O) groups is 2. The molecule has 3 aromatic rings. The summed E-state index contributed by atoms with van der Waals surface area (Å²) in [6.45, 7) is 5.13. The summed E-state index contributed by atoms with van der Waals surface area (Å²) in [4.78, 5) is 42.7. The predicted octanol–water partition coefficient (Wildman–Crippen LogP) is 5.11. The maximum atomic E-state index is 13.0. The number of urea groups is 1. The van der Waals surface area contributed by atoms with Gasteiger partial charge in [0.05, 0.1) is 22.0 Å². The van der Waals surface area contributed by atoms with Crippen LogP contribution in [-0.4, -0.2) is 44.8 Å². The number of Topliss-reactive ketones (excluding diaryl/α,β-unsaturated/α-hetero) is 1. The maximum Gasteiger partial charge on any atom is 0.326 e. The Morgan fingerprint density at radius 1 is 1.09 bits per heavy atom. The molecule has 0 spiro atoms. The van der Waals surface area contributed by atoms with E-state index >= 15 is 0 Å². The van der Waals surface area contributed by atoms with Crippen LogP contribution >= 0.6 is 34.5 Å². The number of amides is 2. The summed E-state index contributed by atoms with van der Waals surface area (Å²) in [5, 5.41) is 1.61. The topological polar surface area (TPSA) is 79.3 Å². The quantitative estimate of drug-likeness (QED) is 0.430. The second kappa shape index (κ2) is 9.52. The Morgan fingerprint density at radius 3 is 2.53 bits per heavy atom. The maximum absolute atomic E-state index is 13.0. The van der Waals surface area contributed by atoms with Crippen LogP contribution < -0.4 is 4.90 Å². The van der Waals surface area contributed by atoms with Gasteiger partial charge in [0.15, 0.2) is 10.9 Å². The minimum atomic E-state index is -0.149. The number of aryl methyl sites for hydroxylation is 3. The van der Waals surface area contributed by atoms with Crippen LogP contribution in [0, 0.1) is 13.8 Å². The van der Waals surface area contributed by atoms with E-state index in [1.807, 2.05) is 6.92 Å². The van der Waals surface area contributed by atoms with Crippen molar-refractivity contribution in [2.45, 2.75) is 33.2 Å². The van der Waals surface area contributed by atoms with Crippen LogP contribution in [-0.2, 0) is 13.0 Å². The van der Waals surface area contributed by atoms with Gasteiger partial charge >= 0.3 is 6.03 Å². The van der Waals surface area contributed by atoms with Crippen molar-refractivity contribution < 1.29 is 9.59 Å². The van der Waals surface area contributed by atoms with Crippen LogP contribution in [0.1, 0.15) is 38.7 Å². The van der Waals surface area contributed by atoms with E-state index in [0.29, 0.717) is 58.2 Å². The van der Waals surface area contributed by atoms with Crippen molar-refractivity contribution in [1.29, 1.82) is 0 Å². The molecule has 0 saturated carbocycles. The molecular weight excluding hydrogens is 469 g/mol. The van der Waals surface area contributed by atoms with Crippen molar-refractivity contribution >= 4 is 51.5 Å². The van der Waals surface area contributed by atoms with E-state index in [-0.39, 0.29) is 11.8 Å². The molecule has 2 amide bonds. The number of benzene rings is 1. The van der Waals surface area contributed by atoms with Crippen LogP contribution in [0.3, 0.4) is 0 Å². The Bertz CT molecular complexity index is 1150. The molecule has 3 heterocycles. The molecule has 32 heavy (non-hydrogen) atoms. The highest BCUT2D eigenvalue weighted by Crippen LogP contribution is 2.31. The predicted molar refractivity (Wildman–Crippen MR) is 126 cm³/mol. The van der Waals surface area contributed by atoms with Crippen molar-refractivity contribution in [3.8, 4) is 0 Å². The third kappa shape index (κ3) is 5.09. The lowest BCUT2D eigenvalue weighted by Crippen LogP contribution is -2.31. The number of thiazole rings is 1. The van der Waals surface area contributed by atoms with E-state index < -0.39 is 0 Å². The van der Waals surface area contributed by atoms with Crippen molar-refractivity contribution in [1.82, 2.24) is 19.9 Å². The van der Waals surface area contributed by atoms with Gasteiger partial charge in [0.2, 0.25) is 0 Å². The zero-order chi connectivity index (χ0) is 22.8. The summed E-state index contributed by atoms with van der Waals surface area (Å²) in [7, 11) is 0. The minimum absolute atomic E-state index is 0.00861. The van der Waals surface area contributed by atoms with E-state index in [1.54, 1.807) is 47.3 Å². The zero-order valence-electron chi connectivity index (χ0n) is 17.6. The Balaban J connectivity index is 1.42. The van der Waals surface area contributed by atoms with Gasteiger partial charge in [-0.25, -0.2) is 9.78 Å². The summed E-state index contributed by atoms with van der Waals surface area (Å²) in [6.07, 6.45) is 4.21. The van der Waals surface area contributed by atoms with Gasteiger partial charge in [-0.3, -0.25) is 19.7 Å². The first kappa shape index (κ1) is 22.6. The average molecular weight is 490 g/mol. The van der Waals surface area contributed by atoms with Gasteiger partial charge in [0.25, 0.3) is 0 Å². The summed E-state index contributed by atoms with van der Waals surface area (Å²) in [5.41, 5.74) is 3.12. The fourth-order valence-corrected chi connectivity index (χ4v) is 5.11. The highest BCUT2D eigenvalue weighted by Gasteiger charge is 2.32. The molecule has 1 saturated heterocycles. The fraction of sp³-hybridized carbons (Fsp3) is 0.318. The normalized spacial score (nSPS) is 13.8. The van der Waals surface area contributed by atoms with Crippen molar-refractivity contribution in [2.75, 3.05) is 18.0 Å². The van der Waals surface area contributed by atoms with Crippen LogP contribution in [0.5, 0.6) is 0 Å². The first-order valence-electron chi connectivity index (χ1n) is 10.1. The molecule has 1 aromatic carbocycles. The number of hydrogen-bond acceptors (Lipinski definition) is 6. The Morgan fingerprint density at radius 2 is 1.84 bits per heavy atom. The van der Waals surface area contributed by atoms with E-state index in [1.165, 1.54) is 11.3 Å². The Labute approximate surface area is 200 Å². The Hall–Kier alpha value is -2.55. The summed E-state index contributed by atoms with van der Waals surface area (Å²) in [6, 6.07) is 5.11. The van der Waals surface area contributed by atoms with Crippen LogP contribution in [0.15, 0.2) is 30.6 Å². The number of aromatic nitrogens is 3. The van der Waals surface area contributed by atoms with Crippen molar-refractivity contribution in [3.63, 3.8) is 0 Å². The van der Waals surface area contributed by atoms with Gasteiger partial charge in [0, 0.05) is 48.5 Å². The molecule has 0 atom stereocenters. The Kier molecular flexibility index (Phi) is 6.74. The molecule has 4 rings (SSSR count).